The maximum Gasteiger partial charge on any atom is 0.193 e. The van der Waals surface area contributed by atoms with Crippen molar-refractivity contribution in [3.05, 3.63) is 46.2 Å². The molecule has 0 aliphatic rings. The Morgan fingerprint density at radius 1 is 1.31 bits per heavy atom. The van der Waals surface area contributed by atoms with E-state index in [9.17, 15) is 4.79 Å². The minimum absolute atomic E-state index is 0.199. The van der Waals surface area contributed by atoms with E-state index in [-0.39, 0.29) is 5.43 Å². The second-order valence-electron chi connectivity index (χ2n) is 3.47. The van der Waals surface area contributed by atoms with Gasteiger partial charge >= 0.3 is 0 Å². The second kappa shape index (κ2) is 2.97. The van der Waals surface area contributed by atoms with Crippen molar-refractivity contribution < 1.29 is 4.42 Å². The fourth-order valence-electron chi connectivity index (χ4n) is 1.80. The summed E-state index contributed by atoms with van der Waals surface area (Å²) in [5.74, 6) is 0. The van der Waals surface area contributed by atoms with Crippen LogP contribution in [0.1, 0.15) is 5.56 Å². The predicted molar refractivity (Wildman–Crippen MR) is 59.1 cm³/mol. The number of fused-ring (bicyclic) bond motifs is 3. The number of nitrogens with one attached hydrogen (secondary N) is 1. The summed E-state index contributed by atoms with van der Waals surface area (Å²) >= 11 is 0. The van der Waals surface area contributed by atoms with Crippen molar-refractivity contribution in [3.8, 4) is 6.07 Å². The van der Waals surface area contributed by atoms with Crippen molar-refractivity contribution in [2.24, 2.45) is 0 Å². The van der Waals surface area contributed by atoms with Crippen molar-refractivity contribution in [1.29, 1.82) is 5.26 Å². The highest BCUT2D eigenvalue weighted by Crippen LogP contribution is 2.24. The predicted octanol–water partition coefficient (Wildman–Crippen LogP) is 2.15. The molecular formula is C12H6N2O2. The summed E-state index contributed by atoms with van der Waals surface area (Å²) in [4.78, 5) is 14.8. The smallest absolute Gasteiger partial charge is 0.193 e. The molecule has 3 aromatic rings. The Morgan fingerprint density at radius 2 is 2.19 bits per heavy atom. The monoisotopic (exact) mass is 210 g/mol. The molecule has 2 aromatic heterocycles. The standard InChI is InChI=1S/C12H6N2O2/c13-6-7-4-8(15)11-10(5-7)16-9-2-1-3-14-12(9)11/h1-5,14H. The number of nitriles is 1. The van der Waals surface area contributed by atoms with E-state index in [2.05, 4.69) is 4.98 Å². The van der Waals surface area contributed by atoms with Gasteiger partial charge in [-0.1, -0.05) is 0 Å². The molecule has 0 radical (unpaired) electrons. The van der Waals surface area contributed by atoms with Gasteiger partial charge in [0.2, 0.25) is 0 Å². The Morgan fingerprint density at radius 3 is 3.00 bits per heavy atom. The number of furan rings is 1. The number of hydrogen-bond donors (Lipinski definition) is 1. The molecular weight excluding hydrogens is 204 g/mol. The number of benzene rings is 1. The van der Waals surface area contributed by atoms with Gasteiger partial charge in [0.15, 0.2) is 11.0 Å². The first kappa shape index (κ1) is 8.74. The zero-order valence-electron chi connectivity index (χ0n) is 8.15. The largest absolute Gasteiger partial charge is 0.454 e. The van der Waals surface area contributed by atoms with Crippen molar-refractivity contribution in [1.82, 2.24) is 4.98 Å². The lowest BCUT2D eigenvalue weighted by Gasteiger charge is -1.88. The van der Waals surface area contributed by atoms with E-state index in [0.29, 0.717) is 27.6 Å². The van der Waals surface area contributed by atoms with Crippen LogP contribution in [0.3, 0.4) is 0 Å². The van der Waals surface area contributed by atoms with Gasteiger partial charge in [-0.05, 0) is 18.2 Å². The number of hydrogen-bond acceptors (Lipinski definition) is 3. The van der Waals surface area contributed by atoms with Crippen molar-refractivity contribution in [2.45, 2.75) is 0 Å². The van der Waals surface area contributed by atoms with Crippen LogP contribution in [0.2, 0.25) is 0 Å². The Bertz CT molecular complexity index is 790. The van der Waals surface area contributed by atoms with Gasteiger partial charge in [0.05, 0.1) is 22.5 Å². The lowest BCUT2D eigenvalue weighted by atomic mass is 10.1. The van der Waals surface area contributed by atoms with Crippen LogP contribution in [-0.2, 0) is 0 Å². The number of pyridine rings is 1. The Kier molecular flexibility index (Phi) is 1.62. The number of nitrogens with zero attached hydrogens (tertiary/aromatic N) is 1. The van der Waals surface area contributed by atoms with Gasteiger partial charge in [0.1, 0.15) is 5.58 Å². The van der Waals surface area contributed by atoms with Crippen LogP contribution >= 0.6 is 0 Å². The van der Waals surface area contributed by atoms with Gasteiger partial charge in [-0.3, -0.25) is 4.79 Å². The maximum absolute atomic E-state index is 11.8. The number of rotatable bonds is 0. The van der Waals surface area contributed by atoms with Crippen molar-refractivity contribution in [3.63, 3.8) is 0 Å². The highest BCUT2D eigenvalue weighted by atomic mass is 16.3. The van der Waals surface area contributed by atoms with Crippen molar-refractivity contribution >= 4 is 22.1 Å². The van der Waals surface area contributed by atoms with Crippen LogP contribution < -0.4 is 5.43 Å². The van der Waals surface area contributed by atoms with E-state index in [0.717, 1.165) is 0 Å². The van der Waals surface area contributed by atoms with E-state index in [1.54, 1.807) is 24.4 Å². The molecule has 4 nitrogen and oxygen atoms in total. The maximum atomic E-state index is 11.8. The molecule has 0 aliphatic carbocycles. The summed E-state index contributed by atoms with van der Waals surface area (Å²) in [7, 11) is 0. The van der Waals surface area contributed by atoms with E-state index in [4.69, 9.17) is 9.68 Å². The molecule has 1 aromatic carbocycles. The van der Waals surface area contributed by atoms with E-state index < -0.39 is 0 Å². The molecule has 3 rings (SSSR count). The molecule has 4 heteroatoms. The van der Waals surface area contributed by atoms with Crippen LogP contribution in [-0.4, -0.2) is 4.98 Å². The number of H-pyrrole nitrogens is 1. The van der Waals surface area contributed by atoms with Crippen molar-refractivity contribution in [2.75, 3.05) is 0 Å². The molecule has 0 unspecified atom stereocenters. The summed E-state index contributed by atoms with van der Waals surface area (Å²) in [6.07, 6.45) is 1.73. The molecule has 0 spiro atoms. The molecule has 0 fully saturated rings. The summed E-state index contributed by atoms with van der Waals surface area (Å²) < 4.78 is 5.49. The minimum Gasteiger partial charge on any atom is -0.454 e. The molecule has 16 heavy (non-hydrogen) atoms. The Labute approximate surface area is 89.7 Å². The Balaban J connectivity index is 2.62. The quantitative estimate of drug-likeness (QED) is 0.618. The van der Waals surface area contributed by atoms with E-state index in [1.165, 1.54) is 6.07 Å². The molecule has 0 atom stereocenters. The molecule has 2 heterocycles. The third kappa shape index (κ3) is 1.06. The van der Waals surface area contributed by atoms with Gasteiger partial charge in [-0.15, -0.1) is 0 Å². The molecule has 1 N–H and O–H groups in total. The van der Waals surface area contributed by atoms with Crippen LogP contribution in [0.15, 0.2) is 39.7 Å². The van der Waals surface area contributed by atoms with E-state index >= 15 is 0 Å². The summed E-state index contributed by atoms with van der Waals surface area (Å²) in [6, 6.07) is 8.39. The van der Waals surface area contributed by atoms with Gasteiger partial charge in [-0.25, -0.2) is 0 Å². The highest BCUT2D eigenvalue weighted by molar-refractivity contribution is 6.02. The van der Waals surface area contributed by atoms with Crippen LogP contribution in [0.25, 0.3) is 22.1 Å². The molecule has 76 valence electrons. The van der Waals surface area contributed by atoms with Gasteiger partial charge in [0, 0.05) is 12.3 Å². The lowest BCUT2D eigenvalue weighted by molar-refractivity contribution is 0.668. The fourth-order valence-corrected chi connectivity index (χ4v) is 1.80. The fraction of sp³-hybridized carbons (Fsp3) is 0. The minimum atomic E-state index is -0.199. The molecule has 0 saturated heterocycles. The van der Waals surface area contributed by atoms with Gasteiger partial charge < -0.3 is 9.40 Å². The van der Waals surface area contributed by atoms with Gasteiger partial charge in [-0.2, -0.15) is 5.26 Å². The third-order valence-electron chi connectivity index (χ3n) is 2.48. The summed E-state index contributed by atoms with van der Waals surface area (Å²) in [6.45, 7) is 0. The number of aromatic amines is 1. The van der Waals surface area contributed by atoms with Crippen LogP contribution in [0.4, 0.5) is 0 Å². The lowest BCUT2D eigenvalue weighted by Crippen LogP contribution is -1.99. The topological polar surface area (TPSA) is 69.8 Å². The number of aromatic nitrogens is 1. The first-order valence-corrected chi connectivity index (χ1v) is 4.73. The highest BCUT2D eigenvalue weighted by Gasteiger charge is 2.11. The average Bonchev–Trinajstić information content (AvgIpc) is 2.67. The Hall–Kier alpha value is -2.54. The van der Waals surface area contributed by atoms with Gasteiger partial charge in [0.25, 0.3) is 0 Å². The third-order valence-corrected chi connectivity index (χ3v) is 2.48. The first-order chi connectivity index (χ1) is 7.79. The summed E-state index contributed by atoms with van der Waals surface area (Å²) in [5.41, 5.74) is 1.85. The molecule has 0 bridgehead atoms. The molecule has 0 amide bonds. The van der Waals surface area contributed by atoms with Crippen LogP contribution in [0.5, 0.6) is 0 Å². The normalized spacial score (nSPS) is 10.7. The zero-order valence-corrected chi connectivity index (χ0v) is 8.15. The van der Waals surface area contributed by atoms with Crippen LogP contribution in [0, 0.1) is 11.3 Å². The molecule has 0 aliphatic heterocycles. The first-order valence-electron chi connectivity index (χ1n) is 4.73. The summed E-state index contributed by atoms with van der Waals surface area (Å²) in [5, 5.41) is 9.25. The van der Waals surface area contributed by atoms with E-state index in [1.807, 2.05) is 6.07 Å². The SMILES string of the molecule is N#Cc1cc(=O)c2c(c1)oc1ccc[nH]c12. The molecule has 0 saturated carbocycles. The zero-order chi connectivity index (χ0) is 11.1. The second-order valence-corrected chi connectivity index (χ2v) is 3.47. The average molecular weight is 210 g/mol.